The molecule has 3 aromatic rings. The molecule has 0 unspecified atom stereocenters. The van der Waals surface area contributed by atoms with E-state index in [1.807, 2.05) is 60.7 Å². The molecule has 0 aliphatic carbocycles. The van der Waals surface area contributed by atoms with Gasteiger partial charge >= 0.3 is 0 Å². The number of aromatic nitrogens is 1. The molecule has 130 valence electrons. The van der Waals surface area contributed by atoms with Gasteiger partial charge in [-0.15, -0.1) is 0 Å². The van der Waals surface area contributed by atoms with Gasteiger partial charge in [-0.25, -0.2) is 0 Å². The Labute approximate surface area is 151 Å². The van der Waals surface area contributed by atoms with E-state index in [1.54, 1.807) is 24.6 Å². The Morgan fingerprint density at radius 3 is 1.88 bits per heavy atom. The van der Waals surface area contributed by atoms with Crippen molar-refractivity contribution >= 4 is 24.6 Å². The summed E-state index contributed by atoms with van der Waals surface area (Å²) in [6.07, 6.45) is 0. The minimum Gasteiger partial charge on any atom is -0.456 e. The van der Waals surface area contributed by atoms with E-state index in [4.69, 9.17) is 9.26 Å². The van der Waals surface area contributed by atoms with Gasteiger partial charge in [0.25, 0.3) is 0 Å². The number of anilines is 1. The zero-order valence-electron chi connectivity index (χ0n) is 14.1. The summed E-state index contributed by atoms with van der Waals surface area (Å²) in [4.78, 5) is 0. The van der Waals surface area contributed by atoms with Crippen molar-refractivity contribution < 1.29 is 13.8 Å². The van der Waals surface area contributed by atoms with Crippen LogP contribution in [0.5, 0.6) is 0 Å². The van der Waals surface area contributed by atoms with Crippen LogP contribution in [0.1, 0.15) is 16.9 Å². The maximum atomic E-state index is 13.6. The average molecular weight is 364 g/mol. The van der Waals surface area contributed by atoms with Gasteiger partial charge in [0.05, 0.1) is 0 Å². The highest BCUT2D eigenvalue weighted by molar-refractivity contribution is 7.72. The molecular weight excluding hydrogens is 347 g/mol. The Balaban J connectivity index is 1.77. The fraction of sp³-hybridized carbons (Fsp3) is 0.0500. The Kier molecular flexibility index (Phi) is 4.23. The minimum atomic E-state index is -3.09. The highest BCUT2D eigenvalue weighted by Gasteiger charge is 2.27. The molecule has 1 aromatic heterocycles. The summed E-state index contributed by atoms with van der Waals surface area (Å²) in [5.74, 6) is 5.41. The van der Waals surface area contributed by atoms with Gasteiger partial charge < -0.3 is 14.3 Å². The van der Waals surface area contributed by atoms with Crippen molar-refractivity contribution in [1.82, 2.24) is 5.16 Å². The van der Waals surface area contributed by atoms with Gasteiger partial charge in [-0.3, -0.25) is 4.57 Å². The number of ether oxygens (including phenoxy) is 1. The Hall–Kier alpha value is -3.04. The lowest BCUT2D eigenvalue weighted by atomic mass is 10.2. The molecule has 1 aliphatic rings. The molecule has 5 nitrogen and oxygen atoms in total. The second-order valence-electron chi connectivity index (χ2n) is 5.96. The minimum absolute atomic E-state index is 0.431. The number of benzene rings is 2. The molecule has 4 rings (SSSR count). The number of aryl methyl sites for hydroxylation is 1. The van der Waals surface area contributed by atoms with Crippen molar-refractivity contribution in [2.75, 3.05) is 5.09 Å². The summed E-state index contributed by atoms with van der Waals surface area (Å²) in [7, 11) is -3.09. The smallest absolute Gasteiger partial charge is 0.221 e. The predicted molar refractivity (Wildman–Crippen MR) is 102 cm³/mol. The molecule has 0 bridgehead atoms. The number of nitrogens with one attached hydrogen (secondary N) is 1. The van der Waals surface area contributed by atoms with Gasteiger partial charge in [0.15, 0.2) is 5.82 Å². The zero-order chi connectivity index (χ0) is 18.0. The van der Waals surface area contributed by atoms with Crippen LogP contribution < -0.4 is 5.09 Å². The van der Waals surface area contributed by atoms with Gasteiger partial charge in [-0.05, 0) is 6.92 Å². The van der Waals surface area contributed by atoms with Crippen molar-refractivity contribution in [2.24, 2.45) is 0 Å². The quantitative estimate of drug-likeness (QED) is 0.602. The number of hydrogen-bond acceptors (Lipinski definition) is 4. The maximum absolute atomic E-state index is 13.6. The van der Waals surface area contributed by atoms with Crippen LogP contribution in [0.25, 0.3) is 11.5 Å². The molecule has 0 spiro atoms. The molecule has 0 fully saturated rings. The van der Waals surface area contributed by atoms with Gasteiger partial charge in [0.1, 0.15) is 17.3 Å². The van der Waals surface area contributed by atoms with Crippen LogP contribution in [0.3, 0.4) is 0 Å². The normalized spacial score (nSPS) is 15.6. The second-order valence-corrected chi connectivity index (χ2v) is 8.12. The van der Waals surface area contributed by atoms with Crippen molar-refractivity contribution in [3.8, 4) is 0 Å². The van der Waals surface area contributed by atoms with E-state index in [-0.39, 0.29) is 0 Å². The second kappa shape index (κ2) is 6.70. The first-order valence-electron chi connectivity index (χ1n) is 8.17. The molecule has 0 saturated heterocycles. The van der Waals surface area contributed by atoms with Gasteiger partial charge in [0.2, 0.25) is 7.29 Å². The zero-order valence-corrected chi connectivity index (χ0v) is 15.0. The first kappa shape index (κ1) is 16.4. The summed E-state index contributed by atoms with van der Waals surface area (Å²) in [6.45, 7) is 1.79. The summed E-state index contributed by atoms with van der Waals surface area (Å²) in [5, 5.41) is 6.89. The summed E-state index contributed by atoms with van der Waals surface area (Å²) in [5.41, 5.74) is 1.71. The lowest BCUT2D eigenvalue weighted by Gasteiger charge is -2.23. The highest BCUT2D eigenvalue weighted by atomic mass is 31.2. The summed E-state index contributed by atoms with van der Waals surface area (Å²) >= 11 is 0. The van der Waals surface area contributed by atoms with Crippen molar-refractivity contribution in [3.05, 3.63) is 95.3 Å². The number of nitrogens with zero attached hydrogens (tertiary/aromatic N) is 1. The third-order valence-electron chi connectivity index (χ3n) is 3.87. The van der Waals surface area contributed by atoms with Crippen LogP contribution in [-0.2, 0) is 9.30 Å². The summed E-state index contributed by atoms with van der Waals surface area (Å²) < 4.78 is 24.7. The highest BCUT2D eigenvalue weighted by Crippen LogP contribution is 2.55. The lowest BCUT2D eigenvalue weighted by Crippen LogP contribution is -2.03. The Morgan fingerprint density at radius 1 is 0.885 bits per heavy atom. The Bertz CT molecular complexity index is 964. The molecule has 0 atom stereocenters. The first-order chi connectivity index (χ1) is 12.6. The van der Waals surface area contributed by atoms with Gasteiger partial charge in [-0.1, -0.05) is 65.8 Å². The molecule has 6 heteroatoms. The molecule has 1 N–H and O–H groups in total. The predicted octanol–water partition coefficient (Wildman–Crippen LogP) is 5.70. The third-order valence-corrected chi connectivity index (χ3v) is 5.69. The van der Waals surface area contributed by atoms with Crippen LogP contribution in [0.2, 0.25) is 0 Å². The first-order valence-corrected chi connectivity index (χ1v) is 10.0. The van der Waals surface area contributed by atoms with E-state index in [9.17, 15) is 4.57 Å². The maximum Gasteiger partial charge on any atom is 0.221 e. The Morgan fingerprint density at radius 2 is 1.42 bits per heavy atom. The van der Waals surface area contributed by atoms with Crippen molar-refractivity contribution in [1.29, 1.82) is 0 Å². The monoisotopic (exact) mass is 364 g/mol. The van der Waals surface area contributed by atoms with E-state index < -0.39 is 7.29 Å². The molecule has 0 saturated carbocycles. The topological polar surface area (TPSA) is 64.4 Å². The molecule has 2 aromatic carbocycles. The molecule has 26 heavy (non-hydrogen) atoms. The SMILES string of the molecule is Cc1cc(NP2(=O)C=C(c3ccccc3)OC(c3ccccc3)=C2)no1. The fourth-order valence-corrected chi connectivity index (χ4v) is 4.46. The van der Waals surface area contributed by atoms with Crippen LogP contribution >= 0.6 is 7.29 Å². The number of rotatable bonds is 4. The molecule has 1 aliphatic heterocycles. The van der Waals surface area contributed by atoms with Crippen LogP contribution in [0.15, 0.2) is 82.9 Å². The lowest BCUT2D eigenvalue weighted by molar-refractivity contribution is 0.400. The fourth-order valence-electron chi connectivity index (χ4n) is 2.69. The molecular formula is C20H17N2O3P. The third kappa shape index (κ3) is 3.48. The molecule has 2 heterocycles. The largest absolute Gasteiger partial charge is 0.456 e. The van der Waals surface area contributed by atoms with Gasteiger partial charge in [-0.2, -0.15) is 0 Å². The average Bonchev–Trinajstić information content (AvgIpc) is 3.06. The number of hydrogen-bond donors (Lipinski definition) is 1. The van der Waals surface area contributed by atoms with Gasteiger partial charge in [0, 0.05) is 28.8 Å². The van der Waals surface area contributed by atoms with E-state index in [2.05, 4.69) is 10.2 Å². The van der Waals surface area contributed by atoms with E-state index in [0.717, 1.165) is 11.1 Å². The molecule has 0 amide bonds. The van der Waals surface area contributed by atoms with Crippen molar-refractivity contribution in [3.63, 3.8) is 0 Å². The van der Waals surface area contributed by atoms with Crippen LogP contribution in [0.4, 0.5) is 5.82 Å². The van der Waals surface area contributed by atoms with Crippen molar-refractivity contribution in [2.45, 2.75) is 6.92 Å². The van der Waals surface area contributed by atoms with E-state index in [0.29, 0.717) is 23.1 Å². The standard InChI is InChI=1S/C20H17N2O3P/c1-15-12-20(21-25-15)22-26(23)13-18(16-8-4-2-5-9-16)24-19(14-26)17-10-6-3-7-11-17/h2-14H,1H3,(H,21,22,23). The van der Waals surface area contributed by atoms with Crippen LogP contribution in [0, 0.1) is 6.92 Å². The van der Waals surface area contributed by atoms with E-state index >= 15 is 0 Å². The summed E-state index contributed by atoms with van der Waals surface area (Å²) in [6, 6.07) is 20.9. The van der Waals surface area contributed by atoms with E-state index in [1.165, 1.54) is 0 Å². The molecule has 0 radical (unpaired) electrons. The van der Waals surface area contributed by atoms with Crippen LogP contribution in [-0.4, -0.2) is 5.16 Å².